The molecule has 0 spiro atoms. The van der Waals surface area contributed by atoms with E-state index in [4.69, 9.17) is 26.1 Å². The average molecular weight is 980 g/mol. The van der Waals surface area contributed by atoms with Crippen LogP contribution in [-0.4, -0.2) is 103 Å². The maximum Gasteiger partial charge on any atom is 0.297 e. The molecule has 0 bridgehead atoms. The quantitative estimate of drug-likeness (QED) is 0.0765. The fraction of sp³-hybridized carbons (Fsp3) is 0.451. The van der Waals surface area contributed by atoms with Gasteiger partial charge in [0.05, 0.1) is 39.3 Å². The summed E-state index contributed by atoms with van der Waals surface area (Å²) in [6.45, 7) is 11.5. The first-order valence-electron chi connectivity index (χ1n) is 24.0. The zero-order chi connectivity index (χ0) is 48.2. The number of allylic oxidation sites excluding steroid dienone is 1. The summed E-state index contributed by atoms with van der Waals surface area (Å²) in [5.41, 5.74) is 5.88. The average Bonchev–Trinajstić information content (AvgIpc) is 3.69. The lowest BCUT2D eigenvalue weighted by Crippen LogP contribution is -2.47. The number of halogens is 1. The Balaban J connectivity index is 0.928. The number of anilines is 4. The van der Waals surface area contributed by atoms with Crippen molar-refractivity contribution in [3.8, 4) is 11.6 Å². The second-order valence-corrected chi connectivity index (χ2v) is 22.5. The van der Waals surface area contributed by atoms with Crippen LogP contribution >= 0.6 is 11.6 Å². The molecule has 1 atom stereocenters. The third-order valence-electron chi connectivity index (χ3n) is 14.8. The standard InChI is InChI=1S/C51H59ClN8O8S/c1-50(2)15-11-35(40(29-50)32-5-7-36(52)8-6-32)30-57-20-22-58(23-21-57)37-9-10-39(42(26-37)59-19-4-24-67-49-44(59)25-34-14-18-53-47(34)55-49)48(61)56-69(65,66)38-27-43(60(63)64)46-45(28-38)68-31-41(54-46)33-12-16-51(3,62)17-13-33/h5-10,14,18,25-28,33,41,54,62H,4,11-13,15-17,19-24,29-31H2,1-3H3,(H,53,55)(H,56,61). The van der Waals surface area contributed by atoms with Crippen molar-refractivity contribution in [1.29, 1.82) is 0 Å². The van der Waals surface area contributed by atoms with Gasteiger partial charge in [-0.3, -0.25) is 19.8 Å². The molecule has 3 aromatic carbocycles. The third-order valence-corrected chi connectivity index (χ3v) is 16.4. The van der Waals surface area contributed by atoms with E-state index < -0.39 is 37.0 Å². The first-order chi connectivity index (χ1) is 33.0. The summed E-state index contributed by atoms with van der Waals surface area (Å²) >= 11 is 6.28. The third kappa shape index (κ3) is 9.83. The minimum absolute atomic E-state index is 0.00683. The van der Waals surface area contributed by atoms with Crippen LogP contribution in [-0.2, 0) is 10.0 Å². The van der Waals surface area contributed by atoms with Gasteiger partial charge in [0, 0.05) is 73.7 Å². The number of pyridine rings is 1. The summed E-state index contributed by atoms with van der Waals surface area (Å²) in [5, 5.41) is 27.8. The second-order valence-electron chi connectivity index (χ2n) is 20.4. The number of fused-ring (bicyclic) bond motifs is 3. The number of sulfonamides is 1. The topological polar surface area (TPSA) is 195 Å². The molecule has 5 aliphatic rings. The van der Waals surface area contributed by atoms with E-state index in [9.17, 15) is 28.4 Å². The van der Waals surface area contributed by atoms with E-state index in [0.29, 0.717) is 68.2 Å². The number of ether oxygens (including phenoxy) is 2. The lowest BCUT2D eigenvalue weighted by atomic mass is 9.72. The Labute approximate surface area is 407 Å². The fourth-order valence-corrected chi connectivity index (χ4v) is 11.9. The SMILES string of the molecule is CC1(C)CCC(CN2CCN(c3ccc(C(=O)NS(=O)(=O)c4cc5c(c([N+](=O)[O-])c4)NC(C4CCC(C)(O)CC4)CO5)c(N4CCCOc5nc6[nH]ccc6cc54)c3)CC2)=C(c2ccc(Cl)cc2)C1. The molecule has 18 heteroatoms. The van der Waals surface area contributed by atoms with Crippen molar-refractivity contribution in [2.45, 2.75) is 88.7 Å². The number of H-pyrrole nitrogens is 1. The second kappa shape index (κ2) is 18.5. The molecular formula is C51H59ClN8O8S. The molecule has 4 N–H and O–H groups in total. The highest BCUT2D eigenvalue weighted by atomic mass is 35.5. The van der Waals surface area contributed by atoms with E-state index in [1.807, 2.05) is 48.2 Å². The number of nitro groups is 1. The lowest BCUT2D eigenvalue weighted by molar-refractivity contribution is -0.384. The molecule has 2 aromatic heterocycles. The van der Waals surface area contributed by atoms with Gasteiger partial charge >= 0.3 is 0 Å². The van der Waals surface area contributed by atoms with E-state index >= 15 is 0 Å². The Morgan fingerprint density at radius 2 is 1.74 bits per heavy atom. The number of carbonyl (C=O) groups excluding carboxylic acids is 1. The van der Waals surface area contributed by atoms with Gasteiger partial charge in [-0.05, 0) is 123 Å². The van der Waals surface area contributed by atoms with Crippen LogP contribution in [0.2, 0.25) is 5.02 Å². The molecule has 5 aromatic rings. The molecule has 69 heavy (non-hydrogen) atoms. The number of nitrogens with one attached hydrogen (secondary N) is 3. The zero-order valence-electron chi connectivity index (χ0n) is 39.2. The smallest absolute Gasteiger partial charge is 0.297 e. The molecular weight excluding hydrogens is 920 g/mol. The van der Waals surface area contributed by atoms with E-state index in [2.05, 4.69) is 50.8 Å². The minimum atomic E-state index is -4.68. The van der Waals surface area contributed by atoms with Crippen LogP contribution in [0.5, 0.6) is 11.6 Å². The molecule has 16 nitrogen and oxygen atoms in total. The van der Waals surface area contributed by atoms with Gasteiger partial charge in [0.25, 0.3) is 21.6 Å². The lowest BCUT2D eigenvalue weighted by Gasteiger charge is -2.39. The summed E-state index contributed by atoms with van der Waals surface area (Å²) in [6, 6.07) is 19.4. The van der Waals surface area contributed by atoms with Crippen LogP contribution in [0, 0.1) is 21.4 Å². The minimum Gasteiger partial charge on any atom is -0.489 e. The number of carbonyl (C=O) groups is 1. The van der Waals surface area contributed by atoms with Gasteiger partial charge in [0.1, 0.15) is 17.9 Å². The molecule has 2 fully saturated rings. The maximum absolute atomic E-state index is 14.5. The molecule has 2 aliphatic carbocycles. The molecule has 10 rings (SSSR count). The Kier molecular flexibility index (Phi) is 12.5. The molecule has 1 unspecified atom stereocenters. The number of nitro benzene ring substituents is 1. The monoisotopic (exact) mass is 978 g/mol. The molecule has 1 saturated carbocycles. The van der Waals surface area contributed by atoms with Gasteiger partial charge in [-0.25, -0.2) is 13.1 Å². The van der Waals surface area contributed by atoms with Gasteiger partial charge < -0.3 is 34.7 Å². The van der Waals surface area contributed by atoms with E-state index in [1.165, 1.54) is 22.8 Å². The van der Waals surface area contributed by atoms with Crippen molar-refractivity contribution in [3.63, 3.8) is 0 Å². The van der Waals surface area contributed by atoms with Gasteiger partial charge in [0.2, 0.25) is 5.88 Å². The van der Waals surface area contributed by atoms with Crippen molar-refractivity contribution in [2.24, 2.45) is 11.3 Å². The van der Waals surface area contributed by atoms with Crippen molar-refractivity contribution in [3.05, 3.63) is 105 Å². The number of piperazine rings is 1. The number of hydrogen-bond donors (Lipinski definition) is 4. The Hall–Kier alpha value is -5.88. The first kappa shape index (κ1) is 46.8. The Morgan fingerprint density at radius 3 is 2.49 bits per heavy atom. The number of amides is 1. The summed E-state index contributed by atoms with van der Waals surface area (Å²) in [5.74, 6) is -0.416. The van der Waals surface area contributed by atoms with Crippen molar-refractivity contribution >= 4 is 72.6 Å². The largest absolute Gasteiger partial charge is 0.489 e. The predicted molar refractivity (Wildman–Crippen MR) is 268 cm³/mol. The van der Waals surface area contributed by atoms with Crippen LogP contribution in [0.4, 0.5) is 28.4 Å². The first-order valence-corrected chi connectivity index (χ1v) is 25.8. The number of aromatic amines is 1. The Bertz CT molecular complexity index is 2940. The number of aliphatic hydroxyl groups is 1. The molecule has 1 amide bonds. The van der Waals surface area contributed by atoms with Gasteiger partial charge in [-0.15, -0.1) is 0 Å². The van der Waals surface area contributed by atoms with E-state index in [0.717, 1.165) is 74.1 Å². The van der Waals surface area contributed by atoms with Gasteiger partial charge in [-0.2, -0.15) is 4.98 Å². The molecule has 364 valence electrons. The van der Waals surface area contributed by atoms with Crippen molar-refractivity contribution in [1.82, 2.24) is 19.6 Å². The van der Waals surface area contributed by atoms with Crippen LogP contribution in [0.25, 0.3) is 16.6 Å². The fourth-order valence-electron chi connectivity index (χ4n) is 10.7. The van der Waals surface area contributed by atoms with Gasteiger partial charge in [-0.1, -0.05) is 43.2 Å². The maximum atomic E-state index is 14.5. The molecule has 0 radical (unpaired) electrons. The normalized spacial score (nSPS) is 23.0. The summed E-state index contributed by atoms with van der Waals surface area (Å²) in [6.07, 6.45) is 8.18. The number of benzene rings is 3. The van der Waals surface area contributed by atoms with Crippen LogP contribution in [0.1, 0.15) is 88.1 Å². The highest BCUT2D eigenvalue weighted by Gasteiger charge is 2.38. The van der Waals surface area contributed by atoms with E-state index in [1.54, 1.807) is 12.3 Å². The van der Waals surface area contributed by atoms with E-state index in [-0.39, 0.29) is 41.0 Å². The number of rotatable bonds is 10. The van der Waals surface area contributed by atoms with Gasteiger partial charge in [0.15, 0.2) is 11.4 Å². The molecule has 3 aliphatic heterocycles. The predicted octanol–water partition coefficient (Wildman–Crippen LogP) is 9.06. The van der Waals surface area contributed by atoms with Crippen LogP contribution in [0.15, 0.2) is 83.4 Å². The number of aromatic nitrogens is 2. The van der Waals surface area contributed by atoms with Crippen LogP contribution < -0.4 is 29.3 Å². The summed E-state index contributed by atoms with van der Waals surface area (Å²) < 4.78 is 42.8. The Morgan fingerprint density at radius 1 is 0.971 bits per heavy atom. The summed E-state index contributed by atoms with van der Waals surface area (Å²) in [7, 11) is -4.68. The zero-order valence-corrected chi connectivity index (χ0v) is 40.8. The number of nitrogens with zero attached hydrogens (tertiary/aromatic N) is 5. The highest BCUT2D eigenvalue weighted by Crippen LogP contribution is 2.46. The summed E-state index contributed by atoms with van der Waals surface area (Å²) in [4.78, 5) is 40.6. The van der Waals surface area contributed by atoms with Crippen LogP contribution in [0.3, 0.4) is 0 Å². The van der Waals surface area contributed by atoms with Crippen molar-refractivity contribution < 1.29 is 32.7 Å². The highest BCUT2D eigenvalue weighted by molar-refractivity contribution is 7.90. The molecule has 5 heterocycles. The number of hydrogen-bond acceptors (Lipinski definition) is 13. The van der Waals surface area contributed by atoms with Crippen molar-refractivity contribution in [2.75, 3.05) is 67.6 Å². The molecule has 1 saturated heterocycles.